The van der Waals surface area contributed by atoms with Crippen molar-refractivity contribution >= 4 is 27.8 Å². The van der Waals surface area contributed by atoms with Crippen molar-refractivity contribution in [3.05, 3.63) is 186 Å². The molecule has 2 aliphatic rings. The molecule has 0 bridgehead atoms. The highest BCUT2D eigenvalue weighted by Crippen LogP contribution is 2.54. The van der Waals surface area contributed by atoms with E-state index in [1.165, 1.54) is 111 Å². The number of hydrogen-bond donors (Lipinski definition) is 0. The Balaban J connectivity index is 1.21. The molecular weight excluding hydrogens is 615 g/mol. The third-order valence-corrected chi connectivity index (χ3v) is 12.0. The molecule has 0 heterocycles. The maximum absolute atomic E-state index is 2.47. The standard InChI is InChI=1S/C50H45N/c1-49(2)46-31-30-43(35-45(46)48-44(22-15-23-47(48)49)37-17-7-5-8-18-37)51(42-27-24-36-16-11-12-19-38(36)34-42)41-28-25-40(26-29-41)50(32-13-3-4-14-33-50)39-20-9-6-10-21-39/h5-12,15-31,34-35H,3-4,13-14,32-33H2,1-2H3. The van der Waals surface area contributed by atoms with E-state index in [4.69, 9.17) is 0 Å². The minimum absolute atomic E-state index is 0.0563. The van der Waals surface area contributed by atoms with Crippen molar-refractivity contribution in [2.24, 2.45) is 0 Å². The van der Waals surface area contributed by atoms with Crippen LogP contribution < -0.4 is 4.90 Å². The lowest BCUT2D eigenvalue weighted by Crippen LogP contribution is -2.27. The van der Waals surface area contributed by atoms with Crippen LogP contribution in [0.5, 0.6) is 0 Å². The summed E-state index contributed by atoms with van der Waals surface area (Å²) in [6, 6.07) is 61.4. The normalized spacial score (nSPS) is 15.9. The van der Waals surface area contributed by atoms with E-state index in [0.29, 0.717) is 0 Å². The highest BCUT2D eigenvalue weighted by molar-refractivity contribution is 5.95. The van der Waals surface area contributed by atoms with Crippen molar-refractivity contribution < 1.29 is 0 Å². The summed E-state index contributed by atoms with van der Waals surface area (Å²) in [4.78, 5) is 2.47. The van der Waals surface area contributed by atoms with Crippen LogP contribution >= 0.6 is 0 Å². The Labute approximate surface area is 303 Å². The molecule has 0 N–H and O–H groups in total. The number of nitrogens with zero attached hydrogens (tertiary/aromatic N) is 1. The number of hydrogen-bond acceptors (Lipinski definition) is 1. The molecule has 1 fully saturated rings. The third kappa shape index (κ3) is 5.38. The molecular formula is C50H45N. The van der Waals surface area contributed by atoms with Crippen LogP contribution in [0.15, 0.2) is 164 Å². The SMILES string of the molecule is CC1(C)c2ccc(N(c3ccc(C4(c5ccccc5)CCCCCC4)cc3)c3ccc4ccccc4c3)cc2-c2c(-c3ccccc3)cccc21. The monoisotopic (exact) mass is 659 g/mol. The van der Waals surface area contributed by atoms with E-state index in [1.807, 2.05) is 0 Å². The first-order valence-electron chi connectivity index (χ1n) is 18.8. The van der Waals surface area contributed by atoms with Crippen molar-refractivity contribution in [2.45, 2.75) is 63.2 Å². The highest BCUT2D eigenvalue weighted by Gasteiger charge is 2.38. The number of rotatable bonds is 6. The summed E-state index contributed by atoms with van der Waals surface area (Å²) in [5.74, 6) is 0. The van der Waals surface area contributed by atoms with Crippen LogP contribution in [0.3, 0.4) is 0 Å². The average Bonchev–Trinajstić information content (AvgIpc) is 3.31. The van der Waals surface area contributed by atoms with Gasteiger partial charge in [-0.2, -0.15) is 0 Å². The zero-order valence-electron chi connectivity index (χ0n) is 29.8. The summed E-state index contributed by atoms with van der Waals surface area (Å²) in [6.07, 6.45) is 7.61. The van der Waals surface area contributed by atoms with Gasteiger partial charge in [-0.15, -0.1) is 0 Å². The van der Waals surface area contributed by atoms with Crippen molar-refractivity contribution in [2.75, 3.05) is 4.90 Å². The quantitative estimate of drug-likeness (QED) is 0.161. The Bertz CT molecular complexity index is 2320. The fourth-order valence-electron chi connectivity index (χ4n) is 9.32. The molecule has 250 valence electrons. The molecule has 9 rings (SSSR count). The molecule has 0 saturated heterocycles. The molecule has 0 radical (unpaired) electrons. The molecule has 0 aliphatic heterocycles. The van der Waals surface area contributed by atoms with E-state index in [2.05, 4.69) is 183 Å². The maximum atomic E-state index is 2.47. The minimum Gasteiger partial charge on any atom is -0.310 e. The van der Waals surface area contributed by atoms with Crippen LogP contribution in [0.25, 0.3) is 33.0 Å². The van der Waals surface area contributed by atoms with Gasteiger partial charge in [0, 0.05) is 27.9 Å². The third-order valence-electron chi connectivity index (χ3n) is 12.0. The second kappa shape index (κ2) is 12.7. The lowest BCUT2D eigenvalue weighted by atomic mass is 9.69. The molecule has 0 unspecified atom stereocenters. The largest absolute Gasteiger partial charge is 0.310 e. The molecule has 1 heteroatoms. The van der Waals surface area contributed by atoms with E-state index in [-0.39, 0.29) is 10.8 Å². The predicted molar refractivity (Wildman–Crippen MR) is 217 cm³/mol. The minimum atomic E-state index is -0.0894. The summed E-state index contributed by atoms with van der Waals surface area (Å²) >= 11 is 0. The second-order valence-electron chi connectivity index (χ2n) is 15.2. The fraction of sp³-hybridized carbons (Fsp3) is 0.200. The van der Waals surface area contributed by atoms with Crippen molar-refractivity contribution in [3.8, 4) is 22.3 Å². The Morgan fingerprint density at radius 2 is 1.04 bits per heavy atom. The number of benzene rings is 7. The molecule has 0 spiro atoms. The molecule has 0 amide bonds. The molecule has 7 aromatic rings. The first kappa shape index (κ1) is 31.6. The van der Waals surface area contributed by atoms with Crippen LogP contribution in [0, 0.1) is 0 Å². The van der Waals surface area contributed by atoms with E-state index in [9.17, 15) is 0 Å². The van der Waals surface area contributed by atoms with Gasteiger partial charge in [-0.05, 0) is 105 Å². The zero-order chi connectivity index (χ0) is 34.4. The number of anilines is 3. The Morgan fingerprint density at radius 1 is 0.431 bits per heavy atom. The second-order valence-corrected chi connectivity index (χ2v) is 15.2. The van der Waals surface area contributed by atoms with Gasteiger partial charge in [0.05, 0.1) is 0 Å². The maximum Gasteiger partial charge on any atom is 0.0468 e. The van der Waals surface area contributed by atoms with Gasteiger partial charge in [-0.25, -0.2) is 0 Å². The van der Waals surface area contributed by atoms with E-state index >= 15 is 0 Å². The lowest BCUT2D eigenvalue weighted by molar-refractivity contribution is 0.446. The molecule has 0 aromatic heterocycles. The molecule has 7 aromatic carbocycles. The van der Waals surface area contributed by atoms with E-state index in [0.717, 1.165) is 0 Å². The van der Waals surface area contributed by atoms with Gasteiger partial charge in [-0.3, -0.25) is 0 Å². The molecule has 51 heavy (non-hydrogen) atoms. The molecule has 0 atom stereocenters. The number of fused-ring (bicyclic) bond motifs is 4. The predicted octanol–water partition coefficient (Wildman–Crippen LogP) is 13.9. The van der Waals surface area contributed by atoms with Gasteiger partial charge >= 0.3 is 0 Å². The average molecular weight is 660 g/mol. The Hall–Kier alpha value is -5.40. The summed E-state index contributed by atoms with van der Waals surface area (Å²) in [5, 5.41) is 2.50. The van der Waals surface area contributed by atoms with Crippen LogP contribution in [0.2, 0.25) is 0 Å². The summed E-state index contributed by atoms with van der Waals surface area (Å²) in [7, 11) is 0. The van der Waals surface area contributed by atoms with Gasteiger partial charge < -0.3 is 4.90 Å². The van der Waals surface area contributed by atoms with Crippen LogP contribution in [0.1, 0.15) is 74.6 Å². The topological polar surface area (TPSA) is 3.24 Å². The van der Waals surface area contributed by atoms with Crippen molar-refractivity contribution in [1.29, 1.82) is 0 Å². The summed E-state index contributed by atoms with van der Waals surface area (Å²) in [5.41, 5.74) is 14.4. The Morgan fingerprint density at radius 3 is 1.78 bits per heavy atom. The summed E-state index contributed by atoms with van der Waals surface area (Å²) < 4.78 is 0. The molecule has 2 aliphatic carbocycles. The lowest BCUT2D eigenvalue weighted by Gasteiger charge is -2.35. The van der Waals surface area contributed by atoms with Gasteiger partial charge in [0.2, 0.25) is 0 Å². The van der Waals surface area contributed by atoms with Gasteiger partial charge in [-0.1, -0.05) is 167 Å². The molecule has 1 nitrogen and oxygen atoms in total. The van der Waals surface area contributed by atoms with Gasteiger partial charge in [0.25, 0.3) is 0 Å². The van der Waals surface area contributed by atoms with Crippen molar-refractivity contribution in [3.63, 3.8) is 0 Å². The summed E-state index contributed by atoms with van der Waals surface area (Å²) in [6.45, 7) is 4.75. The van der Waals surface area contributed by atoms with Gasteiger partial charge in [0.15, 0.2) is 0 Å². The fourth-order valence-corrected chi connectivity index (χ4v) is 9.32. The van der Waals surface area contributed by atoms with Crippen LogP contribution in [0.4, 0.5) is 17.1 Å². The molecule has 1 saturated carbocycles. The van der Waals surface area contributed by atoms with E-state index in [1.54, 1.807) is 0 Å². The zero-order valence-corrected chi connectivity index (χ0v) is 29.8. The van der Waals surface area contributed by atoms with Crippen LogP contribution in [-0.4, -0.2) is 0 Å². The first-order chi connectivity index (χ1) is 25.0. The Kier molecular flexibility index (Phi) is 7.88. The highest BCUT2D eigenvalue weighted by atomic mass is 15.1. The van der Waals surface area contributed by atoms with Gasteiger partial charge in [0.1, 0.15) is 0 Å². The van der Waals surface area contributed by atoms with E-state index < -0.39 is 0 Å². The van der Waals surface area contributed by atoms with Crippen LogP contribution in [-0.2, 0) is 10.8 Å². The smallest absolute Gasteiger partial charge is 0.0468 e. The van der Waals surface area contributed by atoms with Crippen molar-refractivity contribution in [1.82, 2.24) is 0 Å². The first-order valence-corrected chi connectivity index (χ1v) is 18.8.